The predicted molar refractivity (Wildman–Crippen MR) is 94.7 cm³/mol. The summed E-state index contributed by atoms with van der Waals surface area (Å²) in [5.74, 6) is -0.565. The standard InChI is InChI=1S/C18H16F3N5O/c1-11-15(17(27)23-10-25(2)3)16-22-9-8-14(26(16)24-11)12-6-4-5-7-13(12)18(19,20)21/h4-10H,1-3H3. The van der Waals surface area contributed by atoms with Crippen molar-refractivity contribution in [2.24, 2.45) is 4.99 Å². The highest BCUT2D eigenvalue weighted by molar-refractivity contribution is 6.04. The minimum Gasteiger partial charge on any atom is -0.369 e. The molecule has 2 heterocycles. The Labute approximate surface area is 153 Å². The Hall–Kier alpha value is -3.23. The number of carbonyl (C=O) groups is 1. The van der Waals surface area contributed by atoms with Gasteiger partial charge in [-0.2, -0.15) is 23.3 Å². The van der Waals surface area contributed by atoms with E-state index in [1.807, 2.05) is 0 Å². The number of benzene rings is 1. The molecule has 9 heteroatoms. The van der Waals surface area contributed by atoms with Crippen LogP contribution >= 0.6 is 0 Å². The lowest BCUT2D eigenvalue weighted by molar-refractivity contribution is -0.137. The van der Waals surface area contributed by atoms with Crippen LogP contribution in [0.5, 0.6) is 0 Å². The van der Waals surface area contributed by atoms with Crippen molar-refractivity contribution >= 4 is 17.9 Å². The second-order valence-corrected chi connectivity index (χ2v) is 6.08. The number of hydrogen-bond acceptors (Lipinski definition) is 3. The topological polar surface area (TPSA) is 62.9 Å². The lowest BCUT2D eigenvalue weighted by atomic mass is 10.0. The Kier molecular flexibility index (Phi) is 4.69. The highest BCUT2D eigenvalue weighted by atomic mass is 19.4. The van der Waals surface area contributed by atoms with E-state index in [-0.39, 0.29) is 22.5 Å². The van der Waals surface area contributed by atoms with Gasteiger partial charge < -0.3 is 4.90 Å². The predicted octanol–water partition coefficient (Wildman–Crippen LogP) is 3.45. The molecule has 0 spiro atoms. The molecule has 0 saturated carbocycles. The molecule has 0 saturated heterocycles. The molecular weight excluding hydrogens is 359 g/mol. The van der Waals surface area contributed by atoms with Crippen LogP contribution in [0.25, 0.3) is 16.9 Å². The third-order valence-corrected chi connectivity index (χ3v) is 3.82. The fourth-order valence-corrected chi connectivity index (χ4v) is 2.69. The van der Waals surface area contributed by atoms with Crippen LogP contribution in [0.4, 0.5) is 13.2 Å². The lowest BCUT2D eigenvalue weighted by Crippen LogP contribution is -2.10. The van der Waals surface area contributed by atoms with E-state index in [1.54, 1.807) is 25.9 Å². The maximum atomic E-state index is 13.4. The van der Waals surface area contributed by atoms with E-state index in [0.29, 0.717) is 5.69 Å². The highest BCUT2D eigenvalue weighted by Crippen LogP contribution is 2.37. The Morgan fingerprint density at radius 1 is 1.22 bits per heavy atom. The summed E-state index contributed by atoms with van der Waals surface area (Å²) in [5, 5.41) is 4.24. The first-order valence-electron chi connectivity index (χ1n) is 7.96. The molecule has 0 fully saturated rings. The molecule has 0 atom stereocenters. The normalized spacial score (nSPS) is 12.1. The third-order valence-electron chi connectivity index (χ3n) is 3.82. The van der Waals surface area contributed by atoms with Crippen LogP contribution in [0.2, 0.25) is 0 Å². The van der Waals surface area contributed by atoms with E-state index in [4.69, 9.17) is 0 Å². The van der Waals surface area contributed by atoms with Gasteiger partial charge in [0.25, 0.3) is 5.91 Å². The number of carbonyl (C=O) groups excluding carboxylic acids is 1. The molecule has 1 aromatic carbocycles. The summed E-state index contributed by atoms with van der Waals surface area (Å²) in [4.78, 5) is 22.0. The molecule has 3 rings (SSSR count). The molecule has 0 aliphatic rings. The first kappa shape index (κ1) is 18.6. The second-order valence-electron chi connectivity index (χ2n) is 6.08. The number of alkyl halides is 3. The van der Waals surface area contributed by atoms with Crippen LogP contribution in [-0.4, -0.2) is 45.8 Å². The summed E-state index contributed by atoms with van der Waals surface area (Å²) in [6.45, 7) is 1.59. The largest absolute Gasteiger partial charge is 0.417 e. The van der Waals surface area contributed by atoms with Crippen molar-refractivity contribution in [1.82, 2.24) is 19.5 Å². The monoisotopic (exact) mass is 375 g/mol. The average molecular weight is 375 g/mol. The number of fused-ring (bicyclic) bond motifs is 1. The summed E-state index contributed by atoms with van der Waals surface area (Å²) >= 11 is 0. The number of halogens is 3. The van der Waals surface area contributed by atoms with Crippen LogP contribution < -0.4 is 0 Å². The molecular formula is C18H16F3N5O. The van der Waals surface area contributed by atoms with Crippen LogP contribution in [0.3, 0.4) is 0 Å². The fourth-order valence-electron chi connectivity index (χ4n) is 2.69. The molecule has 0 aliphatic heterocycles. The van der Waals surface area contributed by atoms with Crippen molar-refractivity contribution in [2.45, 2.75) is 13.1 Å². The number of rotatable bonds is 3. The van der Waals surface area contributed by atoms with Crippen molar-refractivity contribution in [3.8, 4) is 11.3 Å². The quantitative estimate of drug-likeness (QED) is 0.520. The maximum Gasteiger partial charge on any atom is 0.417 e. The van der Waals surface area contributed by atoms with Gasteiger partial charge in [-0.1, -0.05) is 18.2 Å². The Balaban J connectivity index is 2.22. The lowest BCUT2D eigenvalue weighted by Gasteiger charge is -2.13. The fraction of sp³-hybridized carbons (Fsp3) is 0.222. The number of amides is 1. The molecule has 3 aromatic rings. The Morgan fingerprint density at radius 2 is 1.93 bits per heavy atom. The minimum absolute atomic E-state index is 0.0457. The number of aliphatic imine (C=N–C) groups is 1. The van der Waals surface area contributed by atoms with Crippen LogP contribution in [0.1, 0.15) is 21.6 Å². The highest BCUT2D eigenvalue weighted by Gasteiger charge is 2.34. The zero-order chi connectivity index (χ0) is 19.8. The van der Waals surface area contributed by atoms with Crippen molar-refractivity contribution in [3.63, 3.8) is 0 Å². The van der Waals surface area contributed by atoms with Gasteiger partial charge in [-0.15, -0.1) is 0 Å². The van der Waals surface area contributed by atoms with E-state index >= 15 is 0 Å². The van der Waals surface area contributed by atoms with Crippen LogP contribution in [0, 0.1) is 6.92 Å². The van der Waals surface area contributed by atoms with Crippen molar-refractivity contribution in [3.05, 3.63) is 53.3 Å². The molecule has 6 nitrogen and oxygen atoms in total. The molecule has 0 aliphatic carbocycles. The first-order valence-corrected chi connectivity index (χ1v) is 7.96. The van der Waals surface area contributed by atoms with Gasteiger partial charge >= 0.3 is 6.18 Å². The zero-order valence-electron chi connectivity index (χ0n) is 14.8. The molecule has 0 radical (unpaired) electrons. The van der Waals surface area contributed by atoms with Gasteiger partial charge in [-0.3, -0.25) is 4.79 Å². The van der Waals surface area contributed by atoms with E-state index in [9.17, 15) is 18.0 Å². The van der Waals surface area contributed by atoms with E-state index in [1.165, 1.54) is 41.3 Å². The molecule has 2 aromatic heterocycles. The summed E-state index contributed by atoms with van der Waals surface area (Å²) in [7, 11) is 3.42. The third kappa shape index (κ3) is 3.53. The van der Waals surface area contributed by atoms with E-state index in [0.717, 1.165) is 6.07 Å². The summed E-state index contributed by atoms with van der Waals surface area (Å²) in [6.07, 6.45) is -1.83. The van der Waals surface area contributed by atoms with Gasteiger partial charge in [0.05, 0.1) is 23.3 Å². The summed E-state index contributed by atoms with van der Waals surface area (Å²) < 4.78 is 41.4. The molecule has 0 N–H and O–H groups in total. The molecule has 1 amide bonds. The van der Waals surface area contributed by atoms with Crippen molar-refractivity contribution in [2.75, 3.05) is 14.1 Å². The Bertz CT molecular complexity index is 1040. The smallest absolute Gasteiger partial charge is 0.369 e. The Morgan fingerprint density at radius 3 is 2.59 bits per heavy atom. The van der Waals surface area contributed by atoms with Crippen molar-refractivity contribution in [1.29, 1.82) is 0 Å². The van der Waals surface area contributed by atoms with Gasteiger partial charge in [0.15, 0.2) is 5.65 Å². The zero-order valence-corrected chi connectivity index (χ0v) is 14.8. The number of hydrogen-bond donors (Lipinski definition) is 0. The van der Waals surface area contributed by atoms with Gasteiger partial charge in [-0.25, -0.2) is 9.50 Å². The molecule has 140 valence electrons. The summed E-state index contributed by atoms with van der Waals surface area (Å²) in [5.41, 5.74) is -0.00539. The first-order chi connectivity index (χ1) is 12.7. The molecule has 27 heavy (non-hydrogen) atoms. The van der Waals surface area contributed by atoms with Crippen LogP contribution in [-0.2, 0) is 6.18 Å². The SMILES string of the molecule is Cc1nn2c(-c3ccccc3C(F)(F)F)ccnc2c1C(=O)N=CN(C)C. The van der Waals surface area contributed by atoms with Crippen LogP contribution in [0.15, 0.2) is 41.5 Å². The number of nitrogens with zero attached hydrogens (tertiary/aromatic N) is 5. The van der Waals surface area contributed by atoms with E-state index < -0.39 is 17.6 Å². The van der Waals surface area contributed by atoms with Gasteiger partial charge in [0.2, 0.25) is 0 Å². The van der Waals surface area contributed by atoms with Gasteiger partial charge in [0, 0.05) is 25.9 Å². The number of aryl methyl sites for hydroxylation is 1. The van der Waals surface area contributed by atoms with Crippen molar-refractivity contribution < 1.29 is 18.0 Å². The minimum atomic E-state index is -4.52. The maximum absolute atomic E-state index is 13.4. The molecule has 0 bridgehead atoms. The van der Waals surface area contributed by atoms with Gasteiger partial charge in [0.1, 0.15) is 5.56 Å². The number of aromatic nitrogens is 3. The average Bonchev–Trinajstić information content (AvgIpc) is 2.94. The van der Waals surface area contributed by atoms with E-state index in [2.05, 4.69) is 15.1 Å². The van der Waals surface area contributed by atoms with Gasteiger partial charge in [-0.05, 0) is 19.1 Å². The molecule has 0 unspecified atom stereocenters. The second kappa shape index (κ2) is 6.82. The summed E-state index contributed by atoms with van der Waals surface area (Å²) in [6, 6.07) is 6.64.